The summed E-state index contributed by atoms with van der Waals surface area (Å²) in [6.45, 7) is 3.97. The van der Waals surface area contributed by atoms with Gasteiger partial charge < -0.3 is 19.0 Å². The standard InChI is InChI=1S/C19H23BrN2O4/c1-12-11-22(6-7-25-12)17-10-16(23)15-9-14(19(24)21(2)3)8-13(4-5-20)18(15)26-17/h8-10,12H,4-7,11H2,1-3H3/t12-/m0/s1. The van der Waals surface area contributed by atoms with Crippen LogP contribution in [0.25, 0.3) is 11.0 Å². The van der Waals surface area contributed by atoms with Crippen LogP contribution in [-0.2, 0) is 11.2 Å². The second kappa shape index (κ2) is 7.80. The zero-order valence-electron chi connectivity index (χ0n) is 15.3. The number of aryl methyl sites for hydroxylation is 1. The third kappa shape index (κ3) is 3.78. The van der Waals surface area contributed by atoms with Crippen molar-refractivity contribution < 1.29 is 13.9 Å². The first-order valence-electron chi connectivity index (χ1n) is 8.65. The summed E-state index contributed by atoms with van der Waals surface area (Å²) in [6, 6.07) is 4.97. The molecule has 1 atom stereocenters. The van der Waals surface area contributed by atoms with Crippen LogP contribution in [0, 0.1) is 0 Å². The number of halogens is 1. The number of morpholine rings is 1. The molecule has 0 unspecified atom stereocenters. The molecule has 1 fully saturated rings. The summed E-state index contributed by atoms with van der Waals surface area (Å²) in [5.41, 5.74) is 1.77. The van der Waals surface area contributed by atoms with Gasteiger partial charge in [0, 0.05) is 44.1 Å². The number of carbonyl (C=O) groups excluding carboxylic acids is 1. The molecule has 1 aromatic heterocycles. The number of nitrogens with zero attached hydrogens (tertiary/aromatic N) is 2. The SMILES string of the molecule is C[C@H]1CN(c2cc(=O)c3cc(C(=O)N(C)C)cc(CCBr)c3o2)CCO1. The minimum atomic E-state index is -0.135. The van der Waals surface area contributed by atoms with Gasteiger partial charge in [-0.15, -0.1) is 0 Å². The van der Waals surface area contributed by atoms with Crippen LogP contribution >= 0.6 is 15.9 Å². The van der Waals surface area contributed by atoms with Crippen LogP contribution in [0.5, 0.6) is 0 Å². The molecule has 0 aliphatic carbocycles. The highest BCUT2D eigenvalue weighted by atomic mass is 79.9. The maximum Gasteiger partial charge on any atom is 0.253 e. The van der Waals surface area contributed by atoms with Crippen LogP contribution in [0.4, 0.5) is 5.88 Å². The summed E-state index contributed by atoms with van der Waals surface area (Å²) < 4.78 is 11.7. The second-order valence-electron chi connectivity index (χ2n) is 6.73. The number of benzene rings is 1. The first kappa shape index (κ1) is 18.9. The maximum atomic E-state index is 12.8. The molecule has 2 aromatic rings. The molecule has 1 aromatic carbocycles. The summed E-state index contributed by atoms with van der Waals surface area (Å²) in [6.07, 6.45) is 0.753. The summed E-state index contributed by atoms with van der Waals surface area (Å²) in [5, 5.41) is 1.16. The fourth-order valence-corrected chi connectivity index (χ4v) is 3.59. The van der Waals surface area contributed by atoms with Gasteiger partial charge in [0.2, 0.25) is 0 Å². The van der Waals surface area contributed by atoms with E-state index in [1.807, 2.05) is 17.9 Å². The van der Waals surface area contributed by atoms with E-state index in [0.717, 1.165) is 5.56 Å². The van der Waals surface area contributed by atoms with Gasteiger partial charge in [0.25, 0.3) is 5.91 Å². The lowest BCUT2D eigenvalue weighted by Crippen LogP contribution is -2.41. The molecule has 1 aliphatic rings. The molecule has 6 nitrogen and oxygen atoms in total. The van der Waals surface area contributed by atoms with Gasteiger partial charge in [0.05, 0.1) is 18.1 Å². The van der Waals surface area contributed by atoms with E-state index in [2.05, 4.69) is 15.9 Å². The van der Waals surface area contributed by atoms with E-state index in [1.54, 1.807) is 20.2 Å². The van der Waals surface area contributed by atoms with Gasteiger partial charge in [-0.1, -0.05) is 15.9 Å². The number of carbonyl (C=O) groups is 1. The first-order chi connectivity index (χ1) is 12.4. The lowest BCUT2D eigenvalue weighted by Gasteiger charge is -2.31. The topological polar surface area (TPSA) is 63.0 Å². The molecule has 0 saturated carbocycles. The van der Waals surface area contributed by atoms with Gasteiger partial charge in [-0.3, -0.25) is 9.59 Å². The van der Waals surface area contributed by atoms with Crippen molar-refractivity contribution in [2.45, 2.75) is 19.4 Å². The molecule has 1 saturated heterocycles. The molecule has 0 bridgehead atoms. The summed E-state index contributed by atoms with van der Waals surface area (Å²) in [7, 11) is 3.39. The quantitative estimate of drug-likeness (QED) is 0.708. The average Bonchev–Trinajstić information content (AvgIpc) is 2.61. The van der Waals surface area contributed by atoms with Crippen LogP contribution in [0.2, 0.25) is 0 Å². The van der Waals surface area contributed by atoms with E-state index in [4.69, 9.17) is 9.15 Å². The monoisotopic (exact) mass is 422 g/mol. The number of alkyl halides is 1. The minimum Gasteiger partial charge on any atom is -0.440 e. The van der Waals surface area contributed by atoms with E-state index in [0.29, 0.717) is 53.9 Å². The fourth-order valence-electron chi connectivity index (χ4n) is 3.16. The molecule has 140 valence electrons. The van der Waals surface area contributed by atoms with Crippen LogP contribution in [0.3, 0.4) is 0 Å². The molecule has 26 heavy (non-hydrogen) atoms. The van der Waals surface area contributed by atoms with Crippen molar-refractivity contribution in [1.82, 2.24) is 4.90 Å². The Morgan fingerprint density at radius 3 is 2.77 bits per heavy atom. The zero-order valence-corrected chi connectivity index (χ0v) is 16.8. The first-order valence-corrected chi connectivity index (χ1v) is 9.77. The number of anilines is 1. The predicted molar refractivity (Wildman–Crippen MR) is 106 cm³/mol. The summed E-state index contributed by atoms with van der Waals surface area (Å²) in [4.78, 5) is 28.7. The van der Waals surface area contributed by atoms with E-state index in [1.165, 1.54) is 11.0 Å². The molecule has 0 N–H and O–H groups in total. The van der Waals surface area contributed by atoms with Gasteiger partial charge in [-0.05, 0) is 31.0 Å². The lowest BCUT2D eigenvalue weighted by atomic mass is 10.0. The second-order valence-corrected chi connectivity index (χ2v) is 7.52. The molecule has 0 spiro atoms. The van der Waals surface area contributed by atoms with Crippen molar-refractivity contribution in [3.05, 3.63) is 39.5 Å². The van der Waals surface area contributed by atoms with Crippen LogP contribution in [-0.4, -0.2) is 56.0 Å². The number of amides is 1. The molecule has 2 heterocycles. The highest BCUT2D eigenvalue weighted by molar-refractivity contribution is 9.09. The zero-order chi connectivity index (χ0) is 18.8. The van der Waals surface area contributed by atoms with Gasteiger partial charge in [0.1, 0.15) is 5.58 Å². The van der Waals surface area contributed by atoms with Gasteiger partial charge in [0.15, 0.2) is 11.3 Å². The molecule has 1 amide bonds. The van der Waals surface area contributed by atoms with Crippen molar-refractivity contribution in [3.63, 3.8) is 0 Å². The average molecular weight is 423 g/mol. The highest BCUT2D eigenvalue weighted by Gasteiger charge is 2.21. The molecule has 3 rings (SSSR count). The lowest BCUT2D eigenvalue weighted by molar-refractivity contribution is 0.0517. The van der Waals surface area contributed by atoms with E-state index >= 15 is 0 Å². The van der Waals surface area contributed by atoms with Gasteiger partial charge in [-0.25, -0.2) is 0 Å². The number of fused-ring (bicyclic) bond motifs is 1. The van der Waals surface area contributed by atoms with Gasteiger partial charge in [-0.2, -0.15) is 0 Å². The Morgan fingerprint density at radius 1 is 1.35 bits per heavy atom. The largest absolute Gasteiger partial charge is 0.440 e. The van der Waals surface area contributed by atoms with E-state index in [9.17, 15) is 9.59 Å². The van der Waals surface area contributed by atoms with Crippen LogP contribution in [0.15, 0.2) is 27.4 Å². The Hall–Kier alpha value is -1.86. The number of ether oxygens (including phenoxy) is 1. The Labute approximate surface area is 160 Å². The Kier molecular flexibility index (Phi) is 5.67. The van der Waals surface area contributed by atoms with Crippen molar-refractivity contribution in [2.75, 3.05) is 44.0 Å². The van der Waals surface area contributed by atoms with Crippen LogP contribution in [0.1, 0.15) is 22.8 Å². The molecular weight excluding hydrogens is 400 g/mol. The fraction of sp³-hybridized carbons (Fsp3) is 0.474. The smallest absolute Gasteiger partial charge is 0.253 e. The Morgan fingerprint density at radius 2 is 2.12 bits per heavy atom. The third-order valence-electron chi connectivity index (χ3n) is 4.46. The number of hydrogen-bond acceptors (Lipinski definition) is 5. The molecule has 7 heteroatoms. The number of rotatable bonds is 4. The highest BCUT2D eigenvalue weighted by Crippen LogP contribution is 2.26. The normalized spacial score (nSPS) is 17.5. The van der Waals surface area contributed by atoms with E-state index < -0.39 is 0 Å². The molecular formula is C19H23BrN2O4. The summed E-state index contributed by atoms with van der Waals surface area (Å²) >= 11 is 3.44. The van der Waals surface area contributed by atoms with E-state index in [-0.39, 0.29) is 17.4 Å². The van der Waals surface area contributed by atoms with Crippen molar-refractivity contribution in [1.29, 1.82) is 0 Å². The van der Waals surface area contributed by atoms with Crippen LogP contribution < -0.4 is 10.3 Å². The number of hydrogen-bond donors (Lipinski definition) is 0. The molecule has 1 aliphatic heterocycles. The van der Waals surface area contributed by atoms with Gasteiger partial charge >= 0.3 is 0 Å². The third-order valence-corrected chi connectivity index (χ3v) is 4.86. The predicted octanol–water partition coefficient (Wildman–Crippen LogP) is 2.66. The Balaban J connectivity index is 2.14. The van der Waals surface area contributed by atoms with Crippen molar-refractivity contribution in [3.8, 4) is 0 Å². The molecule has 0 radical (unpaired) electrons. The Bertz CT molecular complexity index is 878. The van der Waals surface area contributed by atoms with Crippen molar-refractivity contribution in [2.24, 2.45) is 0 Å². The summed E-state index contributed by atoms with van der Waals surface area (Å²) in [5.74, 6) is 0.424. The maximum absolute atomic E-state index is 12.8. The van der Waals surface area contributed by atoms with Crippen molar-refractivity contribution >= 4 is 38.7 Å². The minimum absolute atomic E-state index is 0.0897.